The van der Waals surface area contributed by atoms with Crippen molar-refractivity contribution in [2.24, 2.45) is 0 Å². The Morgan fingerprint density at radius 3 is 2.37 bits per heavy atom. The molecule has 19 heavy (non-hydrogen) atoms. The Kier molecular flexibility index (Phi) is 4.57. The molecule has 0 bridgehead atoms. The first-order valence-electron chi connectivity index (χ1n) is 7.00. The van der Waals surface area contributed by atoms with Crippen LogP contribution in [-0.4, -0.2) is 11.4 Å². The molecule has 0 saturated heterocycles. The van der Waals surface area contributed by atoms with E-state index >= 15 is 0 Å². The van der Waals surface area contributed by atoms with Gasteiger partial charge in [0.05, 0.1) is 12.5 Å². The van der Waals surface area contributed by atoms with Crippen LogP contribution in [0.4, 0.5) is 0 Å². The van der Waals surface area contributed by atoms with Crippen molar-refractivity contribution in [2.45, 2.75) is 50.5 Å². The molecular formula is C16H20N2O. The third-order valence-electron chi connectivity index (χ3n) is 3.76. The third-order valence-corrected chi connectivity index (χ3v) is 3.76. The number of amides is 1. The summed E-state index contributed by atoms with van der Waals surface area (Å²) < 4.78 is 0. The van der Waals surface area contributed by atoms with Gasteiger partial charge in [-0.3, -0.25) is 4.79 Å². The second kappa shape index (κ2) is 6.38. The fourth-order valence-electron chi connectivity index (χ4n) is 2.69. The van der Waals surface area contributed by atoms with Gasteiger partial charge >= 0.3 is 0 Å². The normalized spacial score (nSPS) is 18.1. The topological polar surface area (TPSA) is 52.9 Å². The van der Waals surface area contributed by atoms with E-state index in [1.165, 1.54) is 0 Å². The van der Waals surface area contributed by atoms with Crippen LogP contribution < -0.4 is 5.32 Å². The van der Waals surface area contributed by atoms with Gasteiger partial charge in [0.1, 0.15) is 5.54 Å². The van der Waals surface area contributed by atoms with Crippen molar-refractivity contribution in [2.75, 3.05) is 0 Å². The van der Waals surface area contributed by atoms with Crippen molar-refractivity contribution in [3.63, 3.8) is 0 Å². The predicted molar refractivity (Wildman–Crippen MR) is 74.3 cm³/mol. The zero-order valence-corrected chi connectivity index (χ0v) is 11.2. The van der Waals surface area contributed by atoms with Crippen molar-refractivity contribution >= 4 is 5.91 Å². The van der Waals surface area contributed by atoms with Gasteiger partial charge in [0.2, 0.25) is 5.91 Å². The molecule has 3 heteroatoms. The van der Waals surface area contributed by atoms with Gasteiger partial charge in [-0.1, -0.05) is 56.0 Å². The first-order chi connectivity index (χ1) is 9.24. The van der Waals surface area contributed by atoms with E-state index < -0.39 is 5.54 Å². The lowest BCUT2D eigenvalue weighted by Gasteiger charge is -2.26. The lowest BCUT2D eigenvalue weighted by atomic mass is 9.91. The molecule has 1 aromatic rings. The van der Waals surface area contributed by atoms with E-state index in [4.69, 9.17) is 0 Å². The number of carbonyl (C=O) groups is 1. The Bertz CT molecular complexity index is 453. The van der Waals surface area contributed by atoms with Gasteiger partial charge in [-0.2, -0.15) is 5.26 Å². The Morgan fingerprint density at radius 2 is 1.79 bits per heavy atom. The van der Waals surface area contributed by atoms with Crippen LogP contribution in [0.3, 0.4) is 0 Å². The Balaban J connectivity index is 1.98. The molecule has 0 unspecified atom stereocenters. The van der Waals surface area contributed by atoms with Crippen LogP contribution in [0.15, 0.2) is 30.3 Å². The summed E-state index contributed by atoms with van der Waals surface area (Å²) >= 11 is 0. The molecule has 0 aromatic heterocycles. The number of rotatable bonds is 3. The van der Waals surface area contributed by atoms with Crippen LogP contribution >= 0.6 is 0 Å². The summed E-state index contributed by atoms with van der Waals surface area (Å²) in [5, 5.41) is 12.4. The van der Waals surface area contributed by atoms with Crippen LogP contribution in [0.5, 0.6) is 0 Å². The summed E-state index contributed by atoms with van der Waals surface area (Å²) in [5.74, 6) is -0.0466. The van der Waals surface area contributed by atoms with Gasteiger partial charge in [-0.05, 0) is 18.4 Å². The van der Waals surface area contributed by atoms with Crippen LogP contribution in [-0.2, 0) is 11.2 Å². The number of hydrogen-bond acceptors (Lipinski definition) is 2. The Labute approximate surface area is 114 Å². The minimum Gasteiger partial charge on any atom is -0.338 e. The number of carbonyl (C=O) groups excluding carboxylic acids is 1. The molecule has 0 radical (unpaired) electrons. The van der Waals surface area contributed by atoms with Crippen molar-refractivity contribution in [3.8, 4) is 6.07 Å². The summed E-state index contributed by atoms with van der Waals surface area (Å²) in [6.07, 6.45) is 6.30. The molecule has 1 aliphatic rings. The summed E-state index contributed by atoms with van der Waals surface area (Å²) in [6, 6.07) is 12.0. The maximum atomic E-state index is 12.1. The van der Waals surface area contributed by atoms with Gasteiger partial charge in [-0.15, -0.1) is 0 Å². The van der Waals surface area contributed by atoms with E-state index in [1.54, 1.807) is 0 Å². The first kappa shape index (κ1) is 13.6. The largest absolute Gasteiger partial charge is 0.338 e. The fourth-order valence-corrected chi connectivity index (χ4v) is 2.69. The van der Waals surface area contributed by atoms with E-state index in [0.29, 0.717) is 6.42 Å². The van der Waals surface area contributed by atoms with Crippen molar-refractivity contribution in [1.82, 2.24) is 5.32 Å². The summed E-state index contributed by atoms with van der Waals surface area (Å²) in [4.78, 5) is 12.1. The summed E-state index contributed by atoms with van der Waals surface area (Å²) in [7, 11) is 0. The van der Waals surface area contributed by atoms with Gasteiger partial charge in [0.15, 0.2) is 0 Å². The smallest absolute Gasteiger partial charge is 0.225 e. The molecule has 0 spiro atoms. The second-order valence-electron chi connectivity index (χ2n) is 5.32. The molecule has 0 aliphatic heterocycles. The van der Waals surface area contributed by atoms with E-state index in [-0.39, 0.29) is 5.91 Å². The van der Waals surface area contributed by atoms with Crippen LogP contribution in [0, 0.1) is 11.3 Å². The molecule has 0 atom stereocenters. The zero-order chi connectivity index (χ0) is 13.6. The molecule has 1 aliphatic carbocycles. The summed E-state index contributed by atoms with van der Waals surface area (Å²) in [6.45, 7) is 0. The highest BCUT2D eigenvalue weighted by Crippen LogP contribution is 2.26. The Hall–Kier alpha value is -1.82. The highest BCUT2D eigenvalue weighted by atomic mass is 16.1. The molecule has 1 amide bonds. The monoisotopic (exact) mass is 256 g/mol. The number of nitriles is 1. The van der Waals surface area contributed by atoms with E-state index in [2.05, 4.69) is 11.4 Å². The number of hydrogen-bond donors (Lipinski definition) is 1. The molecule has 1 fully saturated rings. The highest BCUT2D eigenvalue weighted by molar-refractivity contribution is 5.79. The summed E-state index contributed by atoms with van der Waals surface area (Å²) in [5.41, 5.74) is 0.351. The Morgan fingerprint density at radius 1 is 1.16 bits per heavy atom. The average molecular weight is 256 g/mol. The quantitative estimate of drug-likeness (QED) is 0.845. The number of nitrogens with one attached hydrogen (secondary N) is 1. The highest BCUT2D eigenvalue weighted by Gasteiger charge is 2.32. The molecule has 1 saturated carbocycles. The molecule has 1 aromatic carbocycles. The van der Waals surface area contributed by atoms with Crippen LogP contribution in [0.2, 0.25) is 0 Å². The van der Waals surface area contributed by atoms with Gasteiger partial charge in [-0.25, -0.2) is 0 Å². The maximum absolute atomic E-state index is 12.1. The van der Waals surface area contributed by atoms with Gasteiger partial charge < -0.3 is 5.32 Å². The molecule has 2 rings (SSSR count). The number of nitrogens with zero attached hydrogens (tertiary/aromatic N) is 1. The van der Waals surface area contributed by atoms with Gasteiger partial charge in [0, 0.05) is 0 Å². The molecule has 0 heterocycles. The van der Waals surface area contributed by atoms with E-state index in [1.807, 2.05) is 30.3 Å². The maximum Gasteiger partial charge on any atom is 0.225 e. The average Bonchev–Trinajstić information content (AvgIpc) is 2.66. The van der Waals surface area contributed by atoms with Crippen LogP contribution in [0.25, 0.3) is 0 Å². The lowest BCUT2D eigenvalue weighted by Crippen LogP contribution is -2.47. The molecule has 3 nitrogen and oxygen atoms in total. The molecule has 100 valence electrons. The van der Waals surface area contributed by atoms with Gasteiger partial charge in [0.25, 0.3) is 0 Å². The number of benzene rings is 1. The molecular weight excluding hydrogens is 236 g/mol. The fraction of sp³-hybridized carbons (Fsp3) is 0.500. The van der Waals surface area contributed by atoms with Crippen molar-refractivity contribution < 1.29 is 4.79 Å². The zero-order valence-electron chi connectivity index (χ0n) is 11.2. The minimum absolute atomic E-state index is 0.0466. The van der Waals surface area contributed by atoms with Crippen molar-refractivity contribution in [3.05, 3.63) is 35.9 Å². The van der Waals surface area contributed by atoms with Crippen LogP contribution in [0.1, 0.15) is 44.1 Å². The predicted octanol–water partition coefficient (Wildman–Crippen LogP) is 2.96. The standard InChI is InChI=1S/C16H20N2O/c17-13-16(10-6-1-2-7-11-16)18-15(19)12-14-8-4-3-5-9-14/h3-5,8-9H,1-2,6-7,10-12H2,(H,18,19). The molecule has 1 N–H and O–H groups in total. The minimum atomic E-state index is -0.637. The van der Waals surface area contributed by atoms with Crippen molar-refractivity contribution in [1.29, 1.82) is 5.26 Å². The van der Waals surface area contributed by atoms with E-state index in [9.17, 15) is 10.1 Å². The third kappa shape index (κ3) is 3.82. The van der Waals surface area contributed by atoms with E-state index in [0.717, 1.165) is 44.1 Å². The second-order valence-corrected chi connectivity index (χ2v) is 5.32. The SMILES string of the molecule is N#CC1(NC(=O)Cc2ccccc2)CCCCCC1. The first-order valence-corrected chi connectivity index (χ1v) is 7.00. The lowest BCUT2D eigenvalue weighted by molar-refractivity contribution is -0.121.